The first-order valence-electron chi connectivity index (χ1n) is 9.33. The summed E-state index contributed by atoms with van der Waals surface area (Å²) in [5.41, 5.74) is 3.47. The highest BCUT2D eigenvalue weighted by atomic mass is 32.1. The third-order valence-corrected chi connectivity index (χ3v) is 6.10. The molecule has 0 atom stereocenters. The molecule has 0 unspecified atom stereocenters. The fraction of sp³-hybridized carbons (Fsp3) is 0.286. The van der Waals surface area contributed by atoms with Gasteiger partial charge in [-0.1, -0.05) is 30.3 Å². The molecule has 0 radical (unpaired) electrons. The van der Waals surface area contributed by atoms with E-state index in [-0.39, 0.29) is 5.91 Å². The lowest BCUT2D eigenvalue weighted by molar-refractivity contribution is 0.101. The highest BCUT2D eigenvalue weighted by molar-refractivity contribution is 7.16. The molecule has 1 N–H and O–H groups in total. The van der Waals surface area contributed by atoms with Crippen LogP contribution in [0.15, 0.2) is 42.6 Å². The van der Waals surface area contributed by atoms with E-state index in [1.807, 2.05) is 13.0 Å². The molecule has 0 saturated carbocycles. The van der Waals surface area contributed by atoms with Crippen molar-refractivity contribution >= 4 is 22.2 Å². The van der Waals surface area contributed by atoms with Gasteiger partial charge in [0, 0.05) is 37.3 Å². The van der Waals surface area contributed by atoms with E-state index in [1.165, 1.54) is 16.9 Å². The van der Waals surface area contributed by atoms with Gasteiger partial charge in [-0.2, -0.15) is 10.4 Å². The molecule has 7 heteroatoms. The van der Waals surface area contributed by atoms with Crippen molar-refractivity contribution in [2.24, 2.45) is 0 Å². The van der Waals surface area contributed by atoms with Crippen LogP contribution < -0.4 is 5.32 Å². The van der Waals surface area contributed by atoms with Gasteiger partial charge in [0.05, 0.1) is 5.56 Å². The number of fused-ring (bicyclic) bond motifs is 1. The maximum Gasteiger partial charge on any atom is 0.274 e. The minimum atomic E-state index is -0.226. The number of anilines is 1. The number of carbonyl (C=O) groups excluding carboxylic acids is 1. The Kier molecular flexibility index (Phi) is 5.24. The molecule has 1 aliphatic rings. The average Bonchev–Trinajstić information content (AvgIpc) is 3.32. The molecule has 0 fully saturated rings. The minimum absolute atomic E-state index is 0.226. The number of hydrogen-bond donors (Lipinski definition) is 1. The van der Waals surface area contributed by atoms with E-state index in [0.717, 1.165) is 36.5 Å². The van der Waals surface area contributed by atoms with Crippen molar-refractivity contribution in [2.75, 3.05) is 11.9 Å². The molecule has 1 amide bonds. The van der Waals surface area contributed by atoms with E-state index in [9.17, 15) is 10.1 Å². The molecule has 0 bridgehead atoms. The maximum absolute atomic E-state index is 12.7. The number of thiophene rings is 1. The number of nitrogens with one attached hydrogen (secondary N) is 1. The second-order valence-electron chi connectivity index (χ2n) is 6.75. The van der Waals surface area contributed by atoms with Gasteiger partial charge in [0.15, 0.2) is 0 Å². The Morgan fingerprint density at radius 3 is 2.89 bits per heavy atom. The molecule has 1 aliphatic heterocycles. The number of aryl methyl sites for hydroxylation is 1. The van der Waals surface area contributed by atoms with Crippen molar-refractivity contribution in [3.8, 4) is 6.07 Å². The van der Waals surface area contributed by atoms with Gasteiger partial charge in [0.25, 0.3) is 5.91 Å². The minimum Gasteiger partial charge on any atom is -0.311 e. The highest BCUT2D eigenvalue weighted by Crippen LogP contribution is 2.37. The van der Waals surface area contributed by atoms with Crippen molar-refractivity contribution in [2.45, 2.75) is 33.0 Å². The topological polar surface area (TPSA) is 74.0 Å². The van der Waals surface area contributed by atoms with Crippen molar-refractivity contribution in [3.63, 3.8) is 0 Å². The van der Waals surface area contributed by atoms with Gasteiger partial charge in [-0.05, 0) is 30.5 Å². The van der Waals surface area contributed by atoms with Crippen LogP contribution in [0.25, 0.3) is 0 Å². The summed E-state index contributed by atoms with van der Waals surface area (Å²) in [5, 5.41) is 17.4. The zero-order chi connectivity index (χ0) is 19.5. The Labute approximate surface area is 168 Å². The molecular weight excluding hydrogens is 370 g/mol. The van der Waals surface area contributed by atoms with Crippen LogP contribution in [0.5, 0.6) is 0 Å². The van der Waals surface area contributed by atoms with Gasteiger partial charge < -0.3 is 5.32 Å². The van der Waals surface area contributed by atoms with Gasteiger partial charge in [-0.25, -0.2) is 0 Å². The number of amides is 1. The Balaban J connectivity index is 1.53. The van der Waals surface area contributed by atoms with Crippen molar-refractivity contribution in [1.29, 1.82) is 5.26 Å². The van der Waals surface area contributed by atoms with Crippen LogP contribution in [-0.2, 0) is 26.1 Å². The molecule has 0 saturated heterocycles. The number of aromatic nitrogens is 2. The van der Waals surface area contributed by atoms with E-state index in [1.54, 1.807) is 16.9 Å². The fourth-order valence-electron chi connectivity index (χ4n) is 3.58. The summed E-state index contributed by atoms with van der Waals surface area (Å²) in [6.45, 7) is 5.15. The standard InChI is InChI=1S/C21H21N5OS/c1-2-26-18(8-10-23-26)20(27)24-21-17(12-22)16-9-11-25(14-19(16)28-21)13-15-6-4-3-5-7-15/h3-8,10H,2,9,11,13-14H2,1H3,(H,24,27). The first kappa shape index (κ1) is 18.4. The van der Waals surface area contributed by atoms with Gasteiger partial charge in [-0.15, -0.1) is 11.3 Å². The molecule has 6 nitrogen and oxygen atoms in total. The van der Waals surface area contributed by atoms with E-state index in [4.69, 9.17) is 0 Å². The molecule has 4 rings (SSSR count). The van der Waals surface area contributed by atoms with E-state index in [0.29, 0.717) is 22.8 Å². The SMILES string of the molecule is CCn1nccc1C(=O)Nc1sc2c(c1C#N)CCN(Cc1ccccc1)C2. The smallest absolute Gasteiger partial charge is 0.274 e. The van der Waals surface area contributed by atoms with Crippen molar-refractivity contribution < 1.29 is 4.79 Å². The molecule has 2 aromatic heterocycles. The summed E-state index contributed by atoms with van der Waals surface area (Å²) in [6, 6.07) is 14.4. The van der Waals surface area contributed by atoms with Crippen LogP contribution >= 0.6 is 11.3 Å². The zero-order valence-electron chi connectivity index (χ0n) is 15.7. The molecule has 3 heterocycles. The fourth-order valence-corrected chi connectivity index (χ4v) is 4.82. The van der Waals surface area contributed by atoms with Crippen molar-refractivity contribution in [3.05, 3.63) is 69.9 Å². The Hall–Kier alpha value is -2.95. The second kappa shape index (κ2) is 7.97. The number of nitrogens with zero attached hydrogens (tertiary/aromatic N) is 4. The molecule has 1 aromatic carbocycles. The predicted molar refractivity (Wildman–Crippen MR) is 109 cm³/mol. The number of carbonyl (C=O) groups is 1. The first-order chi connectivity index (χ1) is 13.7. The van der Waals surface area contributed by atoms with Gasteiger partial charge in [0.1, 0.15) is 16.8 Å². The van der Waals surface area contributed by atoms with Crippen LogP contribution in [0, 0.1) is 11.3 Å². The summed E-state index contributed by atoms with van der Waals surface area (Å²) >= 11 is 1.51. The van der Waals surface area contributed by atoms with Crippen LogP contribution in [0.4, 0.5) is 5.00 Å². The van der Waals surface area contributed by atoms with Gasteiger partial charge in [0.2, 0.25) is 0 Å². The predicted octanol–water partition coefficient (Wildman–Crippen LogP) is 3.65. The first-order valence-corrected chi connectivity index (χ1v) is 10.1. The molecule has 0 spiro atoms. The highest BCUT2D eigenvalue weighted by Gasteiger charge is 2.26. The second-order valence-corrected chi connectivity index (χ2v) is 7.86. The lowest BCUT2D eigenvalue weighted by atomic mass is 10.0. The monoisotopic (exact) mass is 391 g/mol. The van der Waals surface area contributed by atoms with E-state index < -0.39 is 0 Å². The third-order valence-electron chi connectivity index (χ3n) is 4.97. The maximum atomic E-state index is 12.7. The number of hydrogen-bond acceptors (Lipinski definition) is 5. The quantitative estimate of drug-likeness (QED) is 0.720. The summed E-state index contributed by atoms with van der Waals surface area (Å²) in [4.78, 5) is 16.2. The summed E-state index contributed by atoms with van der Waals surface area (Å²) in [6.07, 6.45) is 2.44. The number of nitriles is 1. The Morgan fingerprint density at radius 1 is 1.32 bits per heavy atom. The summed E-state index contributed by atoms with van der Waals surface area (Å²) in [5.74, 6) is -0.226. The number of rotatable bonds is 5. The van der Waals surface area contributed by atoms with Crippen LogP contribution in [0.1, 0.15) is 39.0 Å². The molecule has 0 aliphatic carbocycles. The lowest BCUT2D eigenvalue weighted by Gasteiger charge is -2.26. The summed E-state index contributed by atoms with van der Waals surface area (Å²) < 4.78 is 1.65. The summed E-state index contributed by atoms with van der Waals surface area (Å²) in [7, 11) is 0. The van der Waals surface area contributed by atoms with E-state index in [2.05, 4.69) is 45.7 Å². The van der Waals surface area contributed by atoms with Crippen molar-refractivity contribution in [1.82, 2.24) is 14.7 Å². The van der Waals surface area contributed by atoms with Crippen LogP contribution in [-0.4, -0.2) is 27.1 Å². The van der Waals surface area contributed by atoms with Crippen LogP contribution in [0.2, 0.25) is 0 Å². The van der Waals surface area contributed by atoms with Crippen LogP contribution in [0.3, 0.4) is 0 Å². The Morgan fingerprint density at radius 2 is 2.14 bits per heavy atom. The average molecular weight is 392 g/mol. The largest absolute Gasteiger partial charge is 0.311 e. The number of benzene rings is 1. The molecule has 28 heavy (non-hydrogen) atoms. The third kappa shape index (κ3) is 3.57. The van der Waals surface area contributed by atoms with Gasteiger partial charge >= 0.3 is 0 Å². The molecule has 3 aromatic rings. The normalized spacial score (nSPS) is 13.7. The lowest BCUT2D eigenvalue weighted by Crippen LogP contribution is -2.29. The zero-order valence-corrected chi connectivity index (χ0v) is 16.5. The Bertz CT molecular complexity index is 1030. The van der Waals surface area contributed by atoms with Gasteiger partial charge in [-0.3, -0.25) is 14.4 Å². The molecule has 142 valence electrons. The molecular formula is C21H21N5OS. The van der Waals surface area contributed by atoms with E-state index >= 15 is 0 Å².